The molecular formula is C9H10O3S. The quantitative estimate of drug-likeness (QED) is 0.591. The molecule has 0 amide bonds. The van der Waals surface area contributed by atoms with E-state index < -0.39 is 15.4 Å². The van der Waals surface area contributed by atoms with E-state index in [1.165, 1.54) is 0 Å². The second-order valence-electron chi connectivity index (χ2n) is 3.20. The van der Waals surface area contributed by atoms with Gasteiger partial charge in [-0.3, -0.25) is 0 Å². The molecule has 70 valence electrons. The van der Waals surface area contributed by atoms with Gasteiger partial charge in [-0.1, -0.05) is 18.2 Å². The van der Waals surface area contributed by atoms with Crippen LogP contribution in [0, 0.1) is 0 Å². The predicted molar refractivity (Wildman–Crippen MR) is 49.2 cm³/mol. The highest BCUT2D eigenvalue weighted by atomic mass is 32.2. The van der Waals surface area contributed by atoms with Crippen LogP contribution in [0.3, 0.4) is 0 Å². The summed E-state index contributed by atoms with van der Waals surface area (Å²) in [4.78, 5) is 0. The molecule has 1 aromatic rings. The molecule has 1 heterocycles. The van der Waals surface area contributed by atoms with Crippen LogP contribution in [0.1, 0.15) is 12.5 Å². The lowest BCUT2D eigenvalue weighted by Gasteiger charge is -2.21. The van der Waals surface area contributed by atoms with E-state index in [0.29, 0.717) is 12.2 Å². The van der Waals surface area contributed by atoms with Gasteiger partial charge in [0.05, 0.1) is 5.25 Å². The molecule has 0 aliphatic carbocycles. The van der Waals surface area contributed by atoms with Gasteiger partial charge in [-0.2, -0.15) is 8.42 Å². The van der Waals surface area contributed by atoms with E-state index in [1.807, 2.05) is 12.1 Å². The van der Waals surface area contributed by atoms with E-state index in [9.17, 15) is 8.42 Å². The standard InChI is InChI=1S/C9H10O3S/c1-7-6-8-4-2-3-5-9(8)12-13(7,10)11/h2-5,7H,6H2,1H3. The Morgan fingerprint density at radius 2 is 2.08 bits per heavy atom. The lowest BCUT2D eigenvalue weighted by atomic mass is 10.1. The van der Waals surface area contributed by atoms with E-state index in [1.54, 1.807) is 19.1 Å². The average molecular weight is 198 g/mol. The van der Waals surface area contributed by atoms with Crippen LogP contribution in [0.15, 0.2) is 24.3 Å². The summed E-state index contributed by atoms with van der Waals surface area (Å²) in [6, 6.07) is 7.22. The Morgan fingerprint density at radius 1 is 1.38 bits per heavy atom. The fourth-order valence-electron chi connectivity index (χ4n) is 1.37. The summed E-state index contributed by atoms with van der Waals surface area (Å²) < 4.78 is 27.5. The van der Waals surface area contributed by atoms with Crippen LogP contribution in [0.5, 0.6) is 5.75 Å². The van der Waals surface area contributed by atoms with Crippen LogP contribution in [0.2, 0.25) is 0 Å². The highest BCUT2D eigenvalue weighted by molar-refractivity contribution is 7.87. The molecule has 0 spiro atoms. The van der Waals surface area contributed by atoms with Gasteiger partial charge in [0.2, 0.25) is 0 Å². The van der Waals surface area contributed by atoms with Gasteiger partial charge < -0.3 is 4.18 Å². The number of benzene rings is 1. The predicted octanol–water partition coefficient (Wildman–Crippen LogP) is 1.34. The summed E-state index contributed by atoms with van der Waals surface area (Å²) in [7, 11) is -3.37. The Morgan fingerprint density at radius 3 is 2.85 bits per heavy atom. The van der Waals surface area contributed by atoms with Gasteiger partial charge in [-0.05, 0) is 25.0 Å². The highest BCUT2D eigenvalue weighted by Crippen LogP contribution is 2.28. The molecule has 1 aliphatic rings. The van der Waals surface area contributed by atoms with Gasteiger partial charge in [-0.15, -0.1) is 0 Å². The van der Waals surface area contributed by atoms with Crippen LogP contribution >= 0.6 is 0 Å². The zero-order chi connectivity index (χ0) is 9.47. The third-order valence-electron chi connectivity index (χ3n) is 2.18. The molecule has 1 atom stereocenters. The van der Waals surface area contributed by atoms with Crippen LogP contribution in [-0.2, 0) is 16.5 Å². The van der Waals surface area contributed by atoms with Crippen molar-refractivity contribution in [1.29, 1.82) is 0 Å². The van der Waals surface area contributed by atoms with E-state index in [4.69, 9.17) is 4.18 Å². The normalized spacial score (nSPS) is 24.5. The fourth-order valence-corrected chi connectivity index (χ4v) is 2.33. The number of hydrogen-bond donors (Lipinski definition) is 0. The van der Waals surface area contributed by atoms with Crippen molar-refractivity contribution in [3.05, 3.63) is 29.8 Å². The van der Waals surface area contributed by atoms with Crippen molar-refractivity contribution in [1.82, 2.24) is 0 Å². The molecule has 0 saturated heterocycles. The molecule has 0 aromatic heterocycles. The minimum Gasteiger partial charge on any atom is -0.382 e. The van der Waals surface area contributed by atoms with Gasteiger partial charge in [-0.25, -0.2) is 0 Å². The van der Waals surface area contributed by atoms with Crippen molar-refractivity contribution >= 4 is 10.1 Å². The molecule has 1 aliphatic heterocycles. The first-order valence-electron chi connectivity index (χ1n) is 4.11. The smallest absolute Gasteiger partial charge is 0.312 e. The Balaban J connectivity index is 2.51. The van der Waals surface area contributed by atoms with E-state index in [0.717, 1.165) is 5.56 Å². The summed E-state index contributed by atoms with van der Waals surface area (Å²) >= 11 is 0. The summed E-state index contributed by atoms with van der Waals surface area (Å²) in [5, 5.41) is -0.442. The molecule has 1 aromatic carbocycles. The van der Waals surface area contributed by atoms with Crippen LogP contribution < -0.4 is 4.18 Å². The number of rotatable bonds is 0. The Kier molecular flexibility index (Phi) is 1.80. The van der Waals surface area contributed by atoms with Crippen molar-refractivity contribution in [2.75, 3.05) is 0 Å². The van der Waals surface area contributed by atoms with Crippen LogP contribution in [0.25, 0.3) is 0 Å². The average Bonchev–Trinajstić information content (AvgIpc) is 2.06. The summed E-state index contributed by atoms with van der Waals surface area (Å²) in [5.41, 5.74) is 0.963. The first-order chi connectivity index (χ1) is 6.09. The lowest BCUT2D eigenvalue weighted by Crippen LogP contribution is -2.29. The SMILES string of the molecule is CC1Cc2ccccc2OS1(=O)=O. The second kappa shape index (κ2) is 2.73. The summed E-state index contributed by atoms with van der Waals surface area (Å²) in [5.74, 6) is 0.473. The Hall–Kier alpha value is -1.03. The van der Waals surface area contributed by atoms with Gasteiger partial charge in [0.25, 0.3) is 0 Å². The molecule has 0 radical (unpaired) electrons. The largest absolute Gasteiger partial charge is 0.382 e. The molecule has 3 nitrogen and oxygen atoms in total. The van der Waals surface area contributed by atoms with Crippen LogP contribution in [0.4, 0.5) is 0 Å². The zero-order valence-electron chi connectivity index (χ0n) is 7.23. The van der Waals surface area contributed by atoms with Crippen molar-refractivity contribution in [2.24, 2.45) is 0 Å². The topological polar surface area (TPSA) is 43.4 Å². The molecule has 4 heteroatoms. The zero-order valence-corrected chi connectivity index (χ0v) is 8.04. The number of hydrogen-bond acceptors (Lipinski definition) is 3. The van der Waals surface area contributed by atoms with Gasteiger partial charge in [0, 0.05) is 0 Å². The molecule has 0 N–H and O–H groups in total. The second-order valence-corrected chi connectivity index (χ2v) is 5.16. The monoisotopic (exact) mass is 198 g/mol. The van der Waals surface area contributed by atoms with E-state index in [-0.39, 0.29) is 0 Å². The van der Waals surface area contributed by atoms with Gasteiger partial charge in [0.1, 0.15) is 5.75 Å². The third kappa shape index (κ3) is 1.42. The van der Waals surface area contributed by atoms with Crippen molar-refractivity contribution < 1.29 is 12.6 Å². The maximum Gasteiger partial charge on any atom is 0.312 e. The molecule has 2 rings (SSSR count). The third-order valence-corrected chi connectivity index (χ3v) is 3.74. The first-order valence-corrected chi connectivity index (χ1v) is 5.58. The molecule has 13 heavy (non-hydrogen) atoms. The Bertz CT molecular complexity index is 422. The minimum absolute atomic E-state index is 0.442. The molecule has 0 bridgehead atoms. The van der Waals surface area contributed by atoms with Gasteiger partial charge in [0.15, 0.2) is 0 Å². The lowest BCUT2D eigenvalue weighted by molar-refractivity contribution is 0.456. The molecular weight excluding hydrogens is 188 g/mol. The maximum atomic E-state index is 11.3. The van der Waals surface area contributed by atoms with Crippen molar-refractivity contribution in [3.63, 3.8) is 0 Å². The van der Waals surface area contributed by atoms with Crippen molar-refractivity contribution in [3.8, 4) is 5.75 Å². The summed E-state index contributed by atoms with van der Waals surface area (Å²) in [6.45, 7) is 1.66. The van der Waals surface area contributed by atoms with E-state index >= 15 is 0 Å². The Labute approximate surface area is 77.5 Å². The molecule has 1 unspecified atom stereocenters. The number of fused-ring (bicyclic) bond motifs is 1. The summed E-state index contributed by atoms with van der Waals surface area (Å²) in [6.07, 6.45) is 0.540. The van der Waals surface area contributed by atoms with Gasteiger partial charge >= 0.3 is 10.1 Å². The minimum atomic E-state index is -3.37. The maximum absolute atomic E-state index is 11.3. The first kappa shape index (κ1) is 8.56. The fraction of sp³-hybridized carbons (Fsp3) is 0.333. The highest BCUT2D eigenvalue weighted by Gasteiger charge is 2.29. The molecule has 0 fully saturated rings. The molecule has 0 saturated carbocycles. The van der Waals surface area contributed by atoms with Crippen molar-refractivity contribution in [2.45, 2.75) is 18.6 Å². The van der Waals surface area contributed by atoms with E-state index in [2.05, 4.69) is 0 Å². The van der Waals surface area contributed by atoms with Crippen LogP contribution in [-0.4, -0.2) is 13.7 Å². The number of para-hydroxylation sites is 1.